The van der Waals surface area contributed by atoms with E-state index in [4.69, 9.17) is 0 Å². The van der Waals surface area contributed by atoms with Gasteiger partial charge in [0.05, 0.1) is 6.54 Å². The summed E-state index contributed by atoms with van der Waals surface area (Å²) in [5.74, 6) is 1.98. The summed E-state index contributed by atoms with van der Waals surface area (Å²) in [7, 11) is 1.99. The van der Waals surface area contributed by atoms with Gasteiger partial charge in [0.15, 0.2) is 0 Å². The standard InChI is InChI=1S/C15H24N4O/c1-18-9-8-17-14(18)11-19(13-3-4-13)15(20)5-2-12-6-7-16-10-12/h8-9,12-13,16H,2-7,10-11H2,1H3. The lowest BCUT2D eigenvalue weighted by Crippen LogP contribution is -2.33. The first-order valence-corrected chi connectivity index (χ1v) is 7.70. The second-order valence-corrected chi connectivity index (χ2v) is 6.10. The van der Waals surface area contributed by atoms with Crippen molar-refractivity contribution in [3.63, 3.8) is 0 Å². The van der Waals surface area contributed by atoms with Crippen LogP contribution in [0.25, 0.3) is 0 Å². The molecule has 1 unspecified atom stereocenters. The van der Waals surface area contributed by atoms with Crippen molar-refractivity contribution in [2.75, 3.05) is 13.1 Å². The van der Waals surface area contributed by atoms with Crippen molar-refractivity contribution in [2.24, 2.45) is 13.0 Å². The van der Waals surface area contributed by atoms with Gasteiger partial charge < -0.3 is 14.8 Å². The van der Waals surface area contributed by atoms with Crippen LogP contribution in [0.2, 0.25) is 0 Å². The fourth-order valence-corrected chi connectivity index (χ4v) is 2.94. The number of nitrogens with one attached hydrogen (secondary N) is 1. The van der Waals surface area contributed by atoms with E-state index in [2.05, 4.69) is 10.3 Å². The molecule has 5 heteroatoms. The van der Waals surface area contributed by atoms with Crippen LogP contribution in [0.3, 0.4) is 0 Å². The molecule has 110 valence electrons. The minimum absolute atomic E-state index is 0.308. The van der Waals surface area contributed by atoms with E-state index >= 15 is 0 Å². The summed E-state index contributed by atoms with van der Waals surface area (Å²) in [5, 5.41) is 3.37. The highest BCUT2D eigenvalue weighted by molar-refractivity contribution is 5.76. The van der Waals surface area contributed by atoms with Crippen LogP contribution in [0.4, 0.5) is 0 Å². The van der Waals surface area contributed by atoms with Crippen LogP contribution in [-0.2, 0) is 18.4 Å². The van der Waals surface area contributed by atoms with E-state index in [-0.39, 0.29) is 0 Å². The Morgan fingerprint density at radius 1 is 1.50 bits per heavy atom. The molecule has 1 saturated carbocycles. The number of amides is 1. The van der Waals surface area contributed by atoms with Crippen molar-refractivity contribution >= 4 is 5.91 Å². The van der Waals surface area contributed by atoms with Gasteiger partial charge in [0, 0.05) is 31.9 Å². The van der Waals surface area contributed by atoms with Gasteiger partial charge in [-0.15, -0.1) is 0 Å². The lowest BCUT2D eigenvalue weighted by atomic mass is 10.0. The van der Waals surface area contributed by atoms with Crippen LogP contribution in [-0.4, -0.2) is 39.5 Å². The van der Waals surface area contributed by atoms with Gasteiger partial charge in [0.2, 0.25) is 5.91 Å². The van der Waals surface area contributed by atoms with Crippen LogP contribution < -0.4 is 5.32 Å². The normalized spacial score (nSPS) is 22.1. The quantitative estimate of drug-likeness (QED) is 0.852. The minimum Gasteiger partial charge on any atom is -0.337 e. The van der Waals surface area contributed by atoms with E-state index in [1.165, 1.54) is 6.42 Å². The molecule has 5 nitrogen and oxygen atoms in total. The zero-order chi connectivity index (χ0) is 13.9. The molecule has 0 spiro atoms. The van der Waals surface area contributed by atoms with E-state index in [1.807, 2.05) is 22.7 Å². The number of aryl methyl sites for hydroxylation is 1. The van der Waals surface area contributed by atoms with Crippen LogP contribution >= 0.6 is 0 Å². The summed E-state index contributed by atoms with van der Waals surface area (Å²) in [6.07, 6.45) is 8.98. The van der Waals surface area contributed by atoms with E-state index < -0.39 is 0 Å². The molecule has 2 aliphatic rings. The maximum Gasteiger partial charge on any atom is 0.223 e. The number of nitrogens with zero attached hydrogens (tertiary/aromatic N) is 3. The zero-order valence-corrected chi connectivity index (χ0v) is 12.2. The van der Waals surface area contributed by atoms with Gasteiger partial charge in [0.1, 0.15) is 5.82 Å². The van der Waals surface area contributed by atoms with Crippen molar-refractivity contribution < 1.29 is 4.79 Å². The second kappa shape index (κ2) is 5.95. The molecule has 1 aromatic rings. The molecule has 1 saturated heterocycles. The Hall–Kier alpha value is -1.36. The Bertz CT molecular complexity index is 460. The van der Waals surface area contributed by atoms with Crippen LogP contribution in [0, 0.1) is 5.92 Å². The topological polar surface area (TPSA) is 50.2 Å². The summed E-state index contributed by atoms with van der Waals surface area (Å²) in [6.45, 7) is 2.85. The highest BCUT2D eigenvalue weighted by atomic mass is 16.2. The van der Waals surface area contributed by atoms with E-state index in [9.17, 15) is 4.79 Å². The fourth-order valence-electron chi connectivity index (χ4n) is 2.94. The molecule has 0 bridgehead atoms. The van der Waals surface area contributed by atoms with Gasteiger partial charge in [-0.1, -0.05) is 0 Å². The summed E-state index contributed by atoms with van der Waals surface area (Å²) < 4.78 is 2.00. The Morgan fingerprint density at radius 2 is 2.35 bits per heavy atom. The number of rotatable bonds is 6. The molecule has 1 aliphatic heterocycles. The first kappa shape index (κ1) is 13.6. The molecule has 3 rings (SSSR count). The minimum atomic E-state index is 0.308. The smallest absolute Gasteiger partial charge is 0.223 e. The van der Waals surface area contributed by atoms with Crippen molar-refractivity contribution in [2.45, 2.75) is 44.7 Å². The maximum absolute atomic E-state index is 12.5. The van der Waals surface area contributed by atoms with Gasteiger partial charge in [0.25, 0.3) is 0 Å². The summed E-state index contributed by atoms with van der Waals surface area (Å²) in [6, 6.07) is 0.459. The number of hydrogen-bond acceptors (Lipinski definition) is 3. The molecule has 1 N–H and O–H groups in total. The first-order chi connectivity index (χ1) is 9.74. The molecule has 0 aromatic carbocycles. The van der Waals surface area contributed by atoms with Crippen molar-refractivity contribution in [1.82, 2.24) is 19.8 Å². The lowest BCUT2D eigenvalue weighted by molar-refractivity contribution is -0.132. The van der Waals surface area contributed by atoms with Gasteiger partial charge in [-0.05, 0) is 44.7 Å². The van der Waals surface area contributed by atoms with Crippen LogP contribution in [0.15, 0.2) is 12.4 Å². The van der Waals surface area contributed by atoms with Crippen LogP contribution in [0.5, 0.6) is 0 Å². The summed E-state index contributed by atoms with van der Waals surface area (Å²) in [4.78, 5) is 18.9. The molecule has 2 fully saturated rings. The van der Waals surface area contributed by atoms with Crippen LogP contribution in [0.1, 0.15) is 37.9 Å². The third kappa shape index (κ3) is 3.20. The highest BCUT2D eigenvalue weighted by Gasteiger charge is 2.33. The highest BCUT2D eigenvalue weighted by Crippen LogP contribution is 2.29. The predicted octanol–water partition coefficient (Wildman–Crippen LogP) is 1.30. The van der Waals surface area contributed by atoms with Crippen molar-refractivity contribution in [3.05, 3.63) is 18.2 Å². The molecule has 20 heavy (non-hydrogen) atoms. The summed E-state index contributed by atoms with van der Waals surface area (Å²) in [5.41, 5.74) is 0. The molecular weight excluding hydrogens is 252 g/mol. The molecular formula is C15H24N4O. The molecule has 1 aliphatic carbocycles. The Morgan fingerprint density at radius 3 is 2.95 bits per heavy atom. The van der Waals surface area contributed by atoms with E-state index in [0.29, 0.717) is 30.8 Å². The molecule has 2 heterocycles. The van der Waals surface area contributed by atoms with Gasteiger partial charge in [-0.25, -0.2) is 4.98 Å². The number of hydrogen-bond donors (Lipinski definition) is 1. The third-order valence-electron chi connectivity index (χ3n) is 4.47. The second-order valence-electron chi connectivity index (χ2n) is 6.10. The molecule has 1 atom stereocenters. The van der Waals surface area contributed by atoms with E-state index in [0.717, 1.165) is 38.2 Å². The first-order valence-electron chi connectivity index (χ1n) is 7.70. The Kier molecular flexibility index (Phi) is 4.05. The largest absolute Gasteiger partial charge is 0.337 e. The number of imidazole rings is 1. The predicted molar refractivity (Wildman–Crippen MR) is 77.0 cm³/mol. The summed E-state index contributed by atoms with van der Waals surface area (Å²) >= 11 is 0. The van der Waals surface area contributed by atoms with Gasteiger partial charge in [-0.3, -0.25) is 4.79 Å². The number of aromatic nitrogens is 2. The van der Waals surface area contributed by atoms with Crippen molar-refractivity contribution in [1.29, 1.82) is 0 Å². The third-order valence-corrected chi connectivity index (χ3v) is 4.47. The van der Waals surface area contributed by atoms with Crippen molar-refractivity contribution in [3.8, 4) is 0 Å². The average Bonchev–Trinajstić information content (AvgIpc) is 2.98. The lowest BCUT2D eigenvalue weighted by Gasteiger charge is -2.22. The fraction of sp³-hybridized carbons (Fsp3) is 0.733. The van der Waals surface area contributed by atoms with Gasteiger partial charge >= 0.3 is 0 Å². The molecule has 1 amide bonds. The maximum atomic E-state index is 12.5. The molecule has 1 aromatic heterocycles. The zero-order valence-electron chi connectivity index (χ0n) is 12.2. The van der Waals surface area contributed by atoms with E-state index in [1.54, 1.807) is 6.20 Å². The Labute approximate surface area is 120 Å². The average molecular weight is 276 g/mol. The Balaban J connectivity index is 1.55. The number of carbonyl (C=O) groups excluding carboxylic acids is 1. The SMILES string of the molecule is Cn1ccnc1CN(C(=O)CCC1CCNC1)C1CC1. The molecule has 0 radical (unpaired) electrons. The number of carbonyl (C=O) groups is 1. The monoisotopic (exact) mass is 276 g/mol. The van der Waals surface area contributed by atoms with Gasteiger partial charge in [-0.2, -0.15) is 0 Å².